The number of nitrogens with zero attached hydrogens (tertiary/aromatic N) is 1. The largest absolute Gasteiger partial charge is 0.355 e. The van der Waals surface area contributed by atoms with Crippen LogP contribution in [0.2, 0.25) is 5.02 Å². The van der Waals surface area contributed by atoms with Crippen LogP contribution in [0.15, 0.2) is 42.5 Å². The number of benzene rings is 2. The average Bonchev–Trinajstić information content (AvgIpc) is 2.70. The molecule has 0 aromatic heterocycles. The van der Waals surface area contributed by atoms with E-state index in [1.807, 2.05) is 31.0 Å². The number of carbonyl (C=O) groups is 3. The first kappa shape index (κ1) is 22.4. The second kappa shape index (κ2) is 10.6. The fourth-order valence-electron chi connectivity index (χ4n) is 2.69. The second-order valence-corrected chi connectivity index (χ2v) is 7.09. The molecule has 0 aliphatic heterocycles. The average molecular weight is 417 g/mol. The van der Waals surface area contributed by atoms with Gasteiger partial charge in [0, 0.05) is 29.9 Å². The van der Waals surface area contributed by atoms with Gasteiger partial charge in [0.25, 0.3) is 5.91 Å². The molecule has 0 atom stereocenters. The molecule has 3 amide bonds. The van der Waals surface area contributed by atoms with Gasteiger partial charge in [-0.25, -0.2) is 0 Å². The summed E-state index contributed by atoms with van der Waals surface area (Å²) in [6.45, 7) is 2.36. The van der Waals surface area contributed by atoms with E-state index in [0.717, 1.165) is 11.1 Å². The van der Waals surface area contributed by atoms with Crippen LogP contribution in [0.1, 0.15) is 21.5 Å². The van der Waals surface area contributed by atoms with E-state index in [9.17, 15) is 14.4 Å². The lowest BCUT2D eigenvalue weighted by Gasteiger charge is -2.16. The van der Waals surface area contributed by atoms with E-state index in [1.54, 1.807) is 37.4 Å². The Morgan fingerprint density at radius 2 is 1.72 bits per heavy atom. The highest BCUT2D eigenvalue weighted by Crippen LogP contribution is 2.22. The number of likely N-dealkylation sites (N-methyl/N-ethyl adjacent to an activating group) is 1. The first-order valence-corrected chi connectivity index (χ1v) is 9.49. The van der Waals surface area contributed by atoms with E-state index in [4.69, 9.17) is 11.6 Å². The molecule has 2 aromatic carbocycles. The zero-order valence-corrected chi connectivity index (χ0v) is 17.5. The molecule has 0 bridgehead atoms. The number of anilines is 1. The normalized spacial score (nSPS) is 10.5. The number of rotatable bonds is 8. The molecular weight excluding hydrogens is 392 g/mol. The van der Waals surface area contributed by atoms with E-state index in [1.165, 1.54) is 0 Å². The third-order valence-corrected chi connectivity index (χ3v) is 4.71. The number of amides is 3. The maximum atomic E-state index is 12.1. The number of nitrogens with one attached hydrogen (secondary N) is 3. The van der Waals surface area contributed by atoms with Crippen molar-refractivity contribution in [3.63, 3.8) is 0 Å². The number of hydrogen-bond acceptors (Lipinski definition) is 4. The molecule has 0 aliphatic carbocycles. The molecule has 0 saturated heterocycles. The van der Waals surface area contributed by atoms with Gasteiger partial charge in [-0.15, -0.1) is 0 Å². The smallest absolute Gasteiger partial charge is 0.251 e. The van der Waals surface area contributed by atoms with Gasteiger partial charge in [-0.2, -0.15) is 0 Å². The molecule has 3 N–H and O–H groups in total. The van der Waals surface area contributed by atoms with Gasteiger partial charge in [0.2, 0.25) is 11.8 Å². The Labute approximate surface area is 175 Å². The molecule has 2 aromatic rings. The van der Waals surface area contributed by atoms with Crippen LogP contribution in [-0.2, 0) is 16.1 Å². The minimum Gasteiger partial charge on any atom is -0.355 e. The van der Waals surface area contributed by atoms with Gasteiger partial charge in [-0.3, -0.25) is 19.3 Å². The maximum Gasteiger partial charge on any atom is 0.251 e. The highest BCUT2D eigenvalue weighted by molar-refractivity contribution is 6.31. The summed E-state index contributed by atoms with van der Waals surface area (Å²) < 4.78 is 0. The monoisotopic (exact) mass is 416 g/mol. The van der Waals surface area contributed by atoms with Crippen LogP contribution in [0.4, 0.5) is 5.69 Å². The zero-order valence-electron chi connectivity index (χ0n) is 16.7. The summed E-state index contributed by atoms with van der Waals surface area (Å²) in [5, 5.41) is 8.48. The van der Waals surface area contributed by atoms with Crippen molar-refractivity contribution in [1.82, 2.24) is 15.5 Å². The van der Waals surface area contributed by atoms with Crippen molar-refractivity contribution in [2.24, 2.45) is 0 Å². The number of halogens is 1. The summed E-state index contributed by atoms with van der Waals surface area (Å²) in [7, 11) is 3.39. The molecular formula is C21H25ClN4O3. The van der Waals surface area contributed by atoms with Crippen LogP contribution in [-0.4, -0.2) is 49.8 Å². The van der Waals surface area contributed by atoms with Crippen molar-refractivity contribution in [2.45, 2.75) is 13.5 Å². The first-order chi connectivity index (χ1) is 13.8. The third-order valence-electron chi connectivity index (χ3n) is 4.30. The van der Waals surface area contributed by atoms with Crippen LogP contribution >= 0.6 is 11.6 Å². The standard InChI is InChI=1S/C21H25ClN4O3/c1-14-17(22)5-4-6-18(14)25-19(27)11-24-20(28)13-26(3)12-15-7-9-16(10-8-15)21(29)23-2/h4-10H,11-13H2,1-3H3,(H,23,29)(H,24,28)(H,25,27). The summed E-state index contributed by atoms with van der Waals surface area (Å²) in [4.78, 5) is 37.5. The summed E-state index contributed by atoms with van der Waals surface area (Å²) in [5.41, 5.74) is 2.95. The third kappa shape index (κ3) is 6.89. The molecule has 0 spiro atoms. The van der Waals surface area contributed by atoms with Crippen molar-refractivity contribution in [3.8, 4) is 0 Å². The minimum atomic E-state index is -0.323. The summed E-state index contributed by atoms with van der Waals surface area (Å²) in [5.74, 6) is -0.723. The summed E-state index contributed by atoms with van der Waals surface area (Å²) >= 11 is 6.03. The molecule has 0 fully saturated rings. The van der Waals surface area contributed by atoms with Crippen LogP contribution in [0, 0.1) is 6.92 Å². The van der Waals surface area contributed by atoms with E-state index in [0.29, 0.717) is 22.8 Å². The van der Waals surface area contributed by atoms with E-state index >= 15 is 0 Å². The van der Waals surface area contributed by atoms with Gasteiger partial charge in [0.1, 0.15) is 0 Å². The topological polar surface area (TPSA) is 90.5 Å². The van der Waals surface area contributed by atoms with Crippen LogP contribution in [0.3, 0.4) is 0 Å². The van der Waals surface area contributed by atoms with Gasteiger partial charge >= 0.3 is 0 Å². The molecule has 0 unspecified atom stereocenters. The quantitative estimate of drug-likeness (QED) is 0.615. The Balaban J connectivity index is 1.77. The fourth-order valence-corrected chi connectivity index (χ4v) is 2.87. The predicted molar refractivity (Wildman–Crippen MR) is 114 cm³/mol. The SMILES string of the molecule is CNC(=O)c1ccc(CN(C)CC(=O)NCC(=O)Nc2cccc(Cl)c2C)cc1. The van der Waals surface area contributed by atoms with Gasteiger partial charge in [0.15, 0.2) is 0 Å². The molecule has 2 rings (SSSR count). The number of hydrogen-bond donors (Lipinski definition) is 3. The van der Waals surface area contributed by atoms with Crippen LogP contribution in [0.5, 0.6) is 0 Å². The number of carbonyl (C=O) groups excluding carboxylic acids is 3. The molecule has 29 heavy (non-hydrogen) atoms. The second-order valence-electron chi connectivity index (χ2n) is 6.69. The van der Waals surface area contributed by atoms with Crippen LogP contribution in [0.25, 0.3) is 0 Å². The van der Waals surface area contributed by atoms with Crippen molar-refractivity contribution >= 4 is 35.0 Å². The van der Waals surface area contributed by atoms with E-state index in [2.05, 4.69) is 16.0 Å². The molecule has 0 aliphatic rings. The minimum absolute atomic E-state index is 0.126. The first-order valence-electron chi connectivity index (χ1n) is 9.11. The fraction of sp³-hybridized carbons (Fsp3) is 0.286. The lowest BCUT2D eigenvalue weighted by molar-refractivity contribution is -0.124. The maximum absolute atomic E-state index is 12.1. The Bertz CT molecular complexity index is 884. The Morgan fingerprint density at radius 1 is 1.03 bits per heavy atom. The molecule has 154 valence electrons. The molecule has 8 heteroatoms. The van der Waals surface area contributed by atoms with Gasteiger partial charge in [-0.05, 0) is 49.4 Å². The van der Waals surface area contributed by atoms with Crippen LogP contribution < -0.4 is 16.0 Å². The highest BCUT2D eigenvalue weighted by atomic mass is 35.5. The van der Waals surface area contributed by atoms with E-state index in [-0.39, 0.29) is 30.8 Å². The molecule has 0 heterocycles. The predicted octanol–water partition coefficient (Wildman–Crippen LogP) is 2.19. The lowest BCUT2D eigenvalue weighted by atomic mass is 10.1. The van der Waals surface area contributed by atoms with Crippen molar-refractivity contribution in [1.29, 1.82) is 0 Å². The molecule has 0 radical (unpaired) electrons. The highest BCUT2D eigenvalue weighted by Gasteiger charge is 2.11. The van der Waals surface area contributed by atoms with Crippen molar-refractivity contribution in [2.75, 3.05) is 32.5 Å². The van der Waals surface area contributed by atoms with Crippen molar-refractivity contribution < 1.29 is 14.4 Å². The van der Waals surface area contributed by atoms with Gasteiger partial charge < -0.3 is 16.0 Å². The lowest BCUT2D eigenvalue weighted by Crippen LogP contribution is -2.39. The molecule has 0 saturated carbocycles. The molecule has 7 nitrogen and oxygen atoms in total. The summed E-state index contributed by atoms with van der Waals surface area (Å²) in [6, 6.07) is 12.4. The van der Waals surface area contributed by atoms with E-state index < -0.39 is 0 Å². The Kier molecular flexibility index (Phi) is 8.18. The summed E-state index contributed by atoms with van der Waals surface area (Å²) in [6.07, 6.45) is 0. The Morgan fingerprint density at radius 3 is 2.38 bits per heavy atom. The zero-order chi connectivity index (χ0) is 21.4. The van der Waals surface area contributed by atoms with Crippen molar-refractivity contribution in [3.05, 3.63) is 64.2 Å². The Hall–Kier alpha value is -2.90. The van der Waals surface area contributed by atoms with Gasteiger partial charge in [0.05, 0.1) is 13.1 Å². The van der Waals surface area contributed by atoms with Gasteiger partial charge in [-0.1, -0.05) is 29.8 Å².